The van der Waals surface area contributed by atoms with Gasteiger partial charge in [0.2, 0.25) is 0 Å². The van der Waals surface area contributed by atoms with Crippen molar-refractivity contribution in [1.82, 2.24) is 0 Å². The summed E-state index contributed by atoms with van der Waals surface area (Å²) in [6.07, 6.45) is 0. The van der Waals surface area contributed by atoms with E-state index in [1.165, 1.54) is 98.0 Å². The normalized spacial score (nSPS) is 11.7. The lowest BCUT2D eigenvalue weighted by Crippen LogP contribution is -2.10. The zero-order valence-corrected chi connectivity index (χ0v) is 32.3. The second kappa shape index (κ2) is 13.4. The zero-order valence-electron chi connectivity index (χ0n) is 32.3. The molecule has 0 aliphatic carbocycles. The number of nitrogens with zero attached hydrogens (tertiary/aromatic N) is 1. The average molecular weight is 748 g/mol. The average Bonchev–Trinajstić information content (AvgIpc) is 3.31. The minimum absolute atomic E-state index is 1.12. The van der Waals surface area contributed by atoms with Gasteiger partial charge < -0.3 is 4.90 Å². The van der Waals surface area contributed by atoms with E-state index in [4.69, 9.17) is 0 Å². The van der Waals surface area contributed by atoms with Crippen molar-refractivity contribution in [1.29, 1.82) is 0 Å². The molecule has 0 aromatic heterocycles. The number of anilines is 3. The van der Waals surface area contributed by atoms with Crippen LogP contribution in [0, 0.1) is 0 Å². The van der Waals surface area contributed by atoms with Gasteiger partial charge in [-0.2, -0.15) is 0 Å². The number of hydrogen-bond acceptors (Lipinski definition) is 1. The smallest absolute Gasteiger partial charge is 0.0473 e. The highest BCUT2D eigenvalue weighted by Crippen LogP contribution is 2.50. The summed E-state index contributed by atoms with van der Waals surface area (Å²) in [6, 6.07) is 82.7. The van der Waals surface area contributed by atoms with Crippen LogP contribution in [0.1, 0.15) is 0 Å². The number of hydrogen-bond donors (Lipinski definition) is 0. The van der Waals surface area contributed by atoms with Crippen LogP contribution in [-0.4, -0.2) is 0 Å². The predicted molar refractivity (Wildman–Crippen MR) is 254 cm³/mol. The van der Waals surface area contributed by atoms with Gasteiger partial charge in [0.15, 0.2) is 0 Å². The van der Waals surface area contributed by atoms with Gasteiger partial charge >= 0.3 is 0 Å². The molecule has 0 bridgehead atoms. The van der Waals surface area contributed by atoms with Crippen LogP contribution < -0.4 is 4.90 Å². The molecule has 0 aliphatic rings. The topological polar surface area (TPSA) is 3.24 Å². The molecule has 0 heterocycles. The lowest BCUT2D eigenvalue weighted by atomic mass is 9.81. The van der Waals surface area contributed by atoms with Crippen LogP contribution in [0.2, 0.25) is 0 Å². The standard InChI is InChI=1S/C58H37N/c1-5-16-38(17-6-1)51-37-52(39-18-7-2-8-19-39)57-49-27-14-13-26-48(49)53-36-46(32-33-50(53)58(57)56(51)40-20-9-3-10-21-40)59(45-24-11-4-12-25-45)47-34-43-30-28-41-22-15-23-42-29-31-44(35-47)55(43)54(41)42/h1-37H. The first-order chi connectivity index (χ1) is 29.3. The summed E-state index contributed by atoms with van der Waals surface area (Å²) in [6.45, 7) is 0. The van der Waals surface area contributed by atoms with Crippen molar-refractivity contribution < 1.29 is 0 Å². The Hall–Kier alpha value is -7.74. The summed E-state index contributed by atoms with van der Waals surface area (Å²) in [7, 11) is 0. The maximum absolute atomic E-state index is 2.44. The maximum Gasteiger partial charge on any atom is 0.0473 e. The van der Waals surface area contributed by atoms with E-state index < -0.39 is 0 Å². The molecule has 1 heteroatoms. The third-order valence-corrected chi connectivity index (χ3v) is 12.3. The van der Waals surface area contributed by atoms with Gasteiger partial charge in [0.05, 0.1) is 0 Å². The fraction of sp³-hybridized carbons (Fsp3) is 0. The first-order valence-corrected chi connectivity index (χ1v) is 20.4. The van der Waals surface area contributed by atoms with Crippen LogP contribution >= 0.6 is 0 Å². The molecule has 12 aromatic carbocycles. The summed E-state index contributed by atoms with van der Waals surface area (Å²) < 4.78 is 0. The molecule has 12 rings (SSSR count). The lowest BCUT2D eigenvalue weighted by Gasteiger charge is -2.27. The largest absolute Gasteiger partial charge is 0.310 e. The van der Waals surface area contributed by atoms with Crippen molar-refractivity contribution in [3.63, 3.8) is 0 Å². The molecule has 0 atom stereocenters. The molecule has 0 aliphatic heterocycles. The second-order valence-electron chi connectivity index (χ2n) is 15.6. The highest BCUT2D eigenvalue weighted by molar-refractivity contribution is 6.33. The quantitative estimate of drug-likeness (QED) is 0.153. The Bertz CT molecular complexity index is 3460. The molecular weight excluding hydrogens is 711 g/mol. The van der Waals surface area contributed by atoms with E-state index in [9.17, 15) is 0 Å². The van der Waals surface area contributed by atoms with Gasteiger partial charge in [-0.25, -0.2) is 0 Å². The molecule has 0 fully saturated rings. The van der Waals surface area contributed by atoms with Crippen LogP contribution in [0.3, 0.4) is 0 Å². The van der Waals surface area contributed by atoms with E-state index in [0.717, 1.165) is 17.1 Å². The molecule has 0 radical (unpaired) electrons. The van der Waals surface area contributed by atoms with E-state index in [1.807, 2.05) is 0 Å². The minimum atomic E-state index is 1.12. The van der Waals surface area contributed by atoms with Gasteiger partial charge in [0.1, 0.15) is 0 Å². The van der Waals surface area contributed by atoms with E-state index >= 15 is 0 Å². The Morgan fingerprint density at radius 3 is 1.39 bits per heavy atom. The SMILES string of the molecule is c1ccc(-c2cc(-c3ccccc3)c3c4ccccc4c4cc(N(c5ccccc5)c5cc6ccc7cccc8ccc(c5)c6c78)ccc4c3c2-c2ccccc2)cc1. The van der Waals surface area contributed by atoms with Crippen molar-refractivity contribution in [2.24, 2.45) is 0 Å². The molecule has 1 nitrogen and oxygen atoms in total. The van der Waals surface area contributed by atoms with Crippen LogP contribution in [-0.2, 0) is 0 Å². The first kappa shape index (κ1) is 33.4. The minimum Gasteiger partial charge on any atom is -0.310 e. The lowest BCUT2D eigenvalue weighted by molar-refractivity contribution is 1.30. The molecule has 0 saturated heterocycles. The van der Waals surface area contributed by atoms with Gasteiger partial charge in [0, 0.05) is 17.1 Å². The Labute approximate surface area is 343 Å². The summed E-state index contributed by atoms with van der Waals surface area (Å²) in [4.78, 5) is 2.43. The number of para-hydroxylation sites is 1. The second-order valence-corrected chi connectivity index (χ2v) is 15.6. The third kappa shape index (κ3) is 5.33. The molecule has 0 amide bonds. The van der Waals surface area contributed by atoms with Crippen LogP contribution in [0.15, 0.2) is 224 Å². The summed E-state index contributed by atoms with van der Waals surface area (Å²) in [5.74, 6) is 0. The first-order valence-electron chi connectivity index (χ1n) is 20.4. The van der Waals surface area contributed by atoms with E-state index in [1.54, 1.807) is 0 Å². The van der Waals surface area contributed by atoms with Gasteiger partial charge in [-0.1, -0.05) is 182 Å². The highest BCUT2D eigenvalue weighted by Gasteiger charge is 2.23. The molecule has 0 saturated carbocycles. The zero-order chi connectivity index (χ0) is 38.9. The molecule has 12 aromatic rings. The van der Waals surface area contributed by atoms with E-state index in [0.29, 0.717) is 0 Å². The maximum atomic E-state index is 2.44. The molecule has 274 valence electrons. The highest BCUT2D eigenvalue weighted by atomic mass is 15.1. The van der Waals surface area contributed by atoms with Crippen LogP contribution in [0.25, 0.3) is 98.0 Å². The number of fused-ring (bicyclic) bond motifs is 6. The summed E-state index contributed by atoms with van der Waals surface area (Å²) >= 11 is 0. The Morgan fingerprint density at radius 1 is 0.237 bits per heavy atom. The Kier molecular flexibility index (Phi) is 7.61. The molecule has 59 heavy (non-hydrogen) atoms. The molecule has 0 N–H and O–H groups in total. The monoisotopic (exact) mass is 747 g/mol. The van der Waals surface area contributed by atoms with Crippen molar-refractivity contribution in [2.75, 3.05) is 4.90 Å². The third-order valence-electron chi connectivity index (χ3n) is 12.3. The van der Waals surface area contributed by atoms with Crippen molar-refractivity contribution in [2.45, 2.75) is 0 Å². The fourth-order valence-corrected chi connectivity index (χ4v) is 9.77. The predicted octanol–water partition coefficient (Wildman–Crippen LogP) is 16.5. The van der Waals surface area contributed by atoms with Crippen molar-refractivity contribution in [3.8, 4) is 33.4 Å². The van der Waals surface area contributed by atoms with Crippen molar-refractivity contribution in [3.05, 3.63) is 224 Å². The molecule has 0 spiro atoms. The van der Waals surface area contributed by atoms with E-state index in [2.05, 4.69) is 229 Å². The summed E-state index contributed by atoms with van der Waals surface area (Å²) in [5, 5.41) is 15.2. The van der Waals surface area contributed by atoms with Crippen LogP contribution in [0.5, 0.6) is 0 Å². The van der Waals surface area contributed by atoms with Gasteiger partial charge in [-0.15, -0.1) is 0 Å². The molecular formula is C58H37N. The summed E-state index contributed by atoms with van der Waals surface area (Å²) in [5.41, 5.74) is 10.7. The van der Waals surface area contributed by atoms with Crippen LogP contribution in [0.4, 0.5) is 17.1 Å². The fourth-order valence-electron chi connectivity index (χ4n) is 9.77. The van der Waals surface area contributed by atoms with Crippen molar-refractivity contribution >= 4 is 81.7 Å². The van der Waals surface area contributed by atoms with Gasteiger partial charge in [0.25, 0.3) is 0 Å². The Morgan fingerprint density at radius 2 is 0.746 bits per heavy atom. The number of rotatable bonds is 6. The Balaban J connectivity index is 1.20. The van der Waals surface area contributed by atoms with E-state index in [-0.39, 0.29) is 0 Å². The van der Waals surface area contributed by atoms with Gasteiger partial charge in [-0.3, -0.25) is 0 Å². The number of benzene rings is 12. The van der Waals surface area contributed by atoms with Gasteiger partial charge in [-0.05, 0) is 140 Å². The molecule has 0 unspecified atom stereocenters.